The number of aryl methyl sites for hydroxylation is 1. The van der Waals surface area contributed by atoms with Crippen LogP contribution in [0.1, 0.15) is 29.9 Å². The summed E-state index contributed by atoms with van der Waals surface area (Å²) < 4.78 is 0. The second-order valence-corrected chi connectivity index (χ2v) is 5.62. The molecule has 0 spiro atoms. The number of amides is 1. The monoisotopic (exact) mass is 249 g/mol. The lowest BCUT2D eigenvalue weighted by atomic mass is 9.74. The van der Waals surface area contributed by atoms with Gasteiger partial charge < -0.3 is 4.90 Å². The van der Waals surface area contributed by atoms with Crippen LogP contribution in [-0.4, -0.2) is 29.3 Å². The predicted molar refractivity (Wildman–Crippen MR) is 68.3 cm³/mol. The molecule has 3 unspecified atom stereocenters. The van der Waals surface area contributed by atoms with Gasteiger partial charge in [-0.05, 0) is 24.0 Å². The molecule has 0 N–H and O–H groups in total. The van der Waals surface area contributed by atoms with Crippen molar-refractivity contribution in [2.24, 2.45) is 0 Å². The fraction of sp³-hybridized carbons (Fsp3) is 0.500. The Labute approximate surface area is 107 Å². The molecule has 0 bridgehead atoms. The van der Waals surface area contributed by atoms with Gasteiger partial charge in [-0.15, -0.1) is 11.6 Å². The fourth-order valence-corrected chi connectivity index (χ4v) is 3.71. The molecule has 1 saturated heterocycles. The van der Waals surface area contributed by atoms with E-state index in [0.717, 1.165) is 12.8 Å². The number of piperidine rings is 1. The molecule has 1 aliphatic heterocycles. The Balaban J connectivity index is 2.04. The van der Waals surface area contributed by atoms with Crippen LogP contribution < -0.4 is 0 Å². The van der Waals surface area contributed by atoms with Crippen LogP contribution in [0.2, 0.25) is 0 Å². The van der Waals surface area contributed by atoms with Gasteiger partial charge in [0.2, 0.25) is 5.91 Å². The summed E-state index contributed by atoms with van der Waals surface area (Å²) in [6.07, 6.45) is 2.55. The number of likely N-dealkylation sites (tertiary alicyclic amines) is 1. The molecule has 1 fully saturated rings. The molecule has 3 heteroatoms. The van der Waals surface area contributed by atoms with Gasteiger partial charge in [-0.1, -0.05) is 24.3 Å². The lowest BCUT2D eigenvalue weighted by Gasteiger charge is -2.45. The highest BCUT2D eigenvalue weighted by Crippen LogP contribution is 2.42. The van der Waals surface area contributed by atoms with Gasteiger partial charge in [-0.2, -0.15) is 0 Å². The highest BCUT2D eigenvalue weighted by Gasteiger charge is 2.42. The Hall–Kier alpha value is -1.02. The van der Waals surface area contributed by atoms with Gasteiger partial charge in [0.1, 0.15) is 0 Å². The first-order valence-corrected chi connectivity index (χ1v) is 6.59. The van der Waals surface area contributed by atoms with E-state index in [-0.39, 0.29) is 17.3 Å². The predicted octanol–water partition coefficient (Wildman–Crippen LogP) is 2.55. The number of halogens is 1. The number of rotatable bonds is 0. The first kappa shape index (κ1) is 11.1. The molecule has 1 heterocycles. The Bertz CT molecular complexity index is 459. The summed E-state index contributed by atoms with van der Waals surface area (Å²) in [6.45, 7) is 0. The van der Waals surface area contributed by atoms with E-state index >= 15 is 0 Å². The van der Waals surface area contributed by atoms with Gasteiger partial charge in [0.05, 0.1) is 5.38 Å². The molecule has 1 aliphatic carbocycles. The van der Waals surface area contributed by atoms with E-state index < -0.39 is 0 Å². The van der Waals surface area contributed by atoms with Gasteiger partial charge in [-0.3, -0.25) is 4.79 Å². The first-order valence-electron chi connectivity index (χ1n) is 6.16. The van der Waals surface area contributed by atoms with Gasteiger partial charge >= 0.3 is 0 Å². The molecule has 2 nitrogen and oxygen atoms in total. The van der Waals surface area contributed by atoms with Crippen molar-refractivity contribution in [2.45, 2.75) is 36.6 Å². The quantitative estimate of drug-likeness (QED) is 0.647. The molecular formula is C14H16ClNO. The van der Waals surface area contributed by atoms with E-state index in [9.17, 15) is 4.79 Å². The summed E-state index contributed by atoms with van der Waals surface area (Å²) in [4.78, 5) is 13.7. The zero-order valence-corrected chi connectivity index (χ0v) is 10.7. The second-order valence-electron chi connectivity index (χ2n) is 5.06. The van der Waals surface area contributed by atoms with Crippen LogP contribution in [-0.2, 0) is 11.2 Å². The zero-order valence-electron chi connectivity index (χ0n) is 9.90. The maximum atomic E-state index is 11.8. The minimum absolute atomic E-state index is 0.0508. The molecule has 1 aromatic carbocycles. The summed E-state index contributed by atoms with van der Waals surface area (Å²) in [5.41, 5.74) is 2.75. The van der Waals surface area contributed by atoms with Crippen molar-refractivity contribution in [3.05, 3.63) is 35.4 Å². The third-order valence-corrected chi connectivity index (χ3v) is 4.61. The zero-order chi connectivity index (χ0) is 12.0. The minimum Gasteiger partial charge on any atom is -0.342 e. The molecule has 0 aromatic heterocycles. The number of fused-ring (bicyclic) bond motifs is 3. The molecule has 3 rings (SSSR count). The van der Waals surface area contributed by atoms with Crippen molar-refractivity contribution < 1.29 is 4.79 Å². The maximum Gasteiger partial charge on any atom is 0.224 e. The summed E-state index contributed by atoms with van der Waals surface area (Å²) in [7, 11) is 1.91. The van der Waals surface area contributed by atoms with Crippen molar-refractivity contribution in [1.29, 1.82) is 0 Å². The number of nitrogens with zero attached hydrogens (tertiary/aromatic N) is 1. The van der Waals surface area contributed by atoms with Crippen molar-refractivity contribution in [3.8, 4) is 0 Å². The number of carbonyl (C=O) groups excluding carboxylic acids is 1. The molecular weight excluding hydrogens is 234 g/mol. The standard InChI is InChI=1S/C14H16ClNO/c1-16-12-7-6-9-4-2-3-5-10(9)14(12)11(15)8-13(16)17/h2-5,11-12,14H,6-8H2,1H3. The Morgan fingerprint density at radius 2 is 2.12 bits per heavy atom. The Kier molecular flexibility index (Phi) is 2.62. The van der Waals surface area contributed by atoms with Crippen LogP contribution in [0.15, 0.2) is 24.3 Å². The molecule has 2 aliphatic rings. The van der Waals surface area contributed by atoms with E-state index in [4.69, 9.17) is 11.6 Å². The summed E-state index contributed by atoms with van der Waals surface area (Å²) in [6, 6.07) is 8.80. The topological polar surface area (TPSA) is 20.3 Å². The van der Waals surface area contributed by atoms with E-state index in [2.05, 4.69) is 24.3 Å². The maximum absolute atomic E-state index is 11.8. The van der Waals surface area contributed by atoms with Crippen LogP contribution in [0.4, 0.5) is 0 Å². The number of likely N-dealkylation sites (N-methyl/N-ethyl adjacent to an activating group) is 1. The Morgan fingerprint density at radius 3 is 2.94 bits per heavy atom. The summed E-state index contributed by atoms with van der Waals surface area (Å²) in [5.74, 6) is 0.495. The molecule has 3 atom stereocenters. The highest BCUT2D eigenvalue weighted by molar-refractivity contribution is 6.22. The van der Waals surface area contributed by atoms with Crippen molar-refractivity contribution >= 4 is 17.5 Å². The van der Waals surface area contributed by atoms with Crippen molar-refractivity contribution in [1.82, 2.24) is 4.90 Å². The molecule has 0 radical (unpaired) electrons. The smallest absolute Gasteiger partial charge is 0.224 e. The van der Waals surface area contributed by atoms with Gasteiger partial charge in [0.15, 0.2) is 0 Å². The number of benzene rings is 1. The minimum atomic E-state index is -0.0508. The van der Waals surface area contributed by atoms with Crippen molar-refractivity contribution in [2.75, 3.05) is 7.05 Å². The number of carbonyl (C=O) groups is 1. The first-order chi connectivity index (χ1) is 8.18. The lowest BCUT2D eigenvalue weighted by Crippen LogP contribution is -2.51. The highest BCUT2D eigenvalue weighted by atomic mass is 35.5. The van der Waals surface area contributed by atoms with Gasteiger partial charge in [-0.25, -0.2) is 0 Å². The molecule has 0 saturated carbocycles. The summed E-state index contributed by atoms with van der Waals surface area (Å²) in [5, 5.41) is -0.0508. The largest absolute Gasteiger partial charge is 0.342 e. The number of hydrogen-bond acceptors (Lipinski definition) is 1. The SMILES string of the molecule is CN1C(=O)CC(Cl)C2c3ccccc3CCC21. The third-order valence-electron chi connectivity index (χ3n) is 4.19. The lowest BCUT2D eigenvalue weighted by molar-refractivity contribution is -0.135. The normalized spacial score (nSPS) is 32.0. The molecule has 90 valence electrons. The van der Waals surface area contributed by atoms with Crippen LogP contribution in [0.3, 0.4) is 0 Å². The van der Waals surface area contributed by atoms with E-state index in [1.807, 2.05) is 11.9 Å². The Morgan fingerprint density at radius 1 is 1.35 bits per heavy atom. The number of alkyl halides is 1. The summed E-state index contributed by atoms with van der Waals surface area (Å²) >= 11 is 6.43. The average molecular weight is 250 g/mol. The van der Waals surface area contributed by atoms with Crippen LogP contribution >= 0.6 is 11.6 Å². The average Bonchev–Trinajstić information content (AvgIpc) is 2.35. The van der Waals surface area contributed by atoms with Crippen LogP contribution in [0, 0.1) is 0 Å². The van der Waals surface area contributed by atoms with E-state index in [1.165, 1.54) is 11.1 Å². The van der Waals surface area contributed by atoms with Gasteiger partial charge in [0, 0.05) is 25.4 Å². The molecule has 17 heavy (non-hydrogen) atoms. The van der Waals surface area contributed by atoms with Crippen molar-refractivity contribution in [3.63, 3.8) is 0 Å². The van der Waals surface area contributed by atoms with Crippen LogP contribution in [0.5, 0.6) is 0 Å². The van der Waals surface area contributed by atoms with Crippen LogP contribution in [0.25, 0.3) is 0 Å². The number of hydrogen-bond donors (Lipinski definition) is 0. The molecule has 1 amide bonds. The fourth-order valence-electron chi connectivity index (χ4n) is 3.27. The second kappa shape index (κ2) is 4.02. The third kappa shape index (κ3) is 1.66. The molecule has 1 aromatic rings. The van der Waals surface area contributed by atoms with Gasteiger partial charge in [0.25, 0.3) is 0 Å². The van der Waals surface area contributed by atoms with E-state index in [0.29, 0.717) is 12.3 Å². The van der Waals surface area contributed by atoms with E-state index in [1.54, 1.807) is 0 Å².